The van der Waals surface area contributed by atoms with Gasteiger partial charge in [-0.15, -0.1) is 0 Å². The van der Waals surface area contributed by atoms with Crippen LogP contribution in [-0.4, -0.2) is 142 Å². The average Bonchev–Trinajstić information content (AvgIpc) is 3.90. The van der Waals surface area contributed by atoms with Crippen LogP contribution in [0.3, 0.4) is 0 Å². The summed E-state index contributed by atoms with van der Waals surface area (Å²) in [6.45, 7) is 1.50. The van der Waals surface area contributed by atoms with E-state index in [9.17, 15) is 39.9 Å². The summed E-state index contributed by atoms with van der Waals surface area (Å²) in [5.41, 5.74) is 0.136. The first-order chi connectivity index (χ1) is 27.9. The van der Waals surface area contributed by atoms with Gasteiger partial charge in [-0.1, -0.05) is 60.7 Å². The van der Waals surface area contributed by atoms with Gasteiger partial charge in [-0.25, -0.2) is 9.59 Å². The summed E-state index contributed by atoms with van der Waals surface area (Å²) in [7, 11) is 0. The van der Waals surface area contributed by atoms with Gasteiger partial charge in [0, 0.05) is 25.0 Å². The van der Waals surface area contributed by atoms with Crippen LogP contribution in [0.15, 0.2) is 85.2 Å². The van der Waals surface area contributed by atoms with E-state index in [1.54, 1.807) is 67.6 Å². The number of aliphatic hydroxyl groups is 5. The normalized spacial score (nSPS) is 39.1. The van der Waals surface area contributed by atoms with Gasteiger partial charge >= 0.3 is 17.9 Å². The summed E-state index contributed by atoms with van der Waals surface area (Å²) >= 11 is 0. The number of carbonyl (C=O) groups is 3. The SMILES string of the molecule is CC(=O)O[C@H]1[C@H](O[C@H]2C3C=COC(O[C@@H]4O[C@H](CO)[C@@H](O)[C@H](O)[C@H]4O)C3[C@@]3(CO)O[C@@H]23)O[C@@H](C)[C@H](OC(=O)/C=C/c2ccccc2)[C@H]1OC(=O)/C=C/c1ccccc1. The van der Waals surface area contributed by atoms with Crippen LogP contribution in [0.5, 0.6) is 0 Å². The van der Waals surface area contributed by atoms with E-state index in [0.29, 0.717) is 5.56 Å². The molecule has 17 heteroatoms. The number of hydrogen-bond acceptors (Lipinski definition) is 17. The zero-order valence-corrected chi connectivity index (χ0v) is 31.4. The summed E-state index contributed by atoms with van der Waals surface area (Å²) in [6.07, 6.45) is -9.16. The highest BCUT2D eigenvalue weighted by atomic mass is 16.8. The molecule has 2 aromatic carbocycles. The van der Waals surface area contributed by atoms with Crippen LogP contribution in [0.4, 0.5) is 0 Å². The molecule has 0 radical (unpaired) electrons. The van der Waals surface area contributed by atoms with Crippen molar-refractivity contribution < 1.29 is 82.5 Å². The quantitative estimate of drug-likeness (QED) is 0.0795. The van der Waals surface area contributed by atoms with E-state index in [4.69, 9.17) is 42.6 Å². The monoisotopic (exact) mass is 810 g/mol. The van der Waals surface area contributed by atoms with E-state index in [2.05, 4.69) is 0 Å². The van der Waals surface area contributed by atoms with Crippen LogP contribution in [0.25, 0.3) is 12.2 Å². The van der Waals surface area contributed by atoms with Crippen molar-refractivity contribution in [1.82, 2.24) is 0 Å². The van der Waals surface area contributed by atoms with Crippen LogP contribution in [0.1, 0.15) is 25.0 Å². The van der Waals surface area contributed by atoms with Crippen molar-refractivity contribution in [3.05, 3.63) is 96.3 Å². The van der Waals surface area contributed by atoms with Crippen molar-refractivity contribution >= 4 is 30.1 Å². The Bertz CT molecular complexity index is 1840. The molecule has 58 heavy (non-hydrogen) atoms. The molecular weight excluding hydrogens is 764 g/mol. The van der Waals surface area contributed by atoms with Gasteiger partial charge in [0.25, 0.3) is 0 Å². The van der Waals surface area contributed by atoms with E-state index in [1.165, 1.54) is 24.5 Å². The van der Waals surface area contributed by atoms with Gasteiger partial charge in [-0.3, -0.25) is 4.79 Å². The molecule has 7 rings (SSSR count). The minimum Gasteiger partial charge on any atom is -0.472 e. The van der Waals surface area contributed by atoms with Gasteiger partial charge in [0.05, 0.1) is 37.6 Å². The van der Waals surface area contributed by atoms with Crippen LogP contribution < -0.4 is 0 Å². The Morgan fingerprint density at radius 3 is 1.93 bits per heavy atom. The van der Waals surface area contributed by atoms with Crippen LogP contribution in [0, 0.1) is 11.8 Å². The largest absolute Gasteiger partial charge is 0.472 e. The topological polar surface area (TPSA) is 239 Å². The maximum Gasteiger partial charge on any atom is 0.331 e. The van der Waals surface area contributed by atoms with E-state index in [-0.39, 0.29) is 0 Å². The fraction of sp³-hybridized carbons (Fsp3) is 0.488. The minimum absolute atomic E-state index is 0.526. The maximum atomic E-state index is 13.4. The summed E-state index contributed by atoms with van der Waals surface area (Å²) in [5, 5.41) is 51.6. The summed E-state index contributed by atoms with van der Waals surface area (Å²) in [5.74, 6) is -3.88. The first-order valence-corrected chi connectivity index (χ1v) is 18.9. The second-order valence-corrected chi connectivity index (χ2v) is 14.6. The molecule has 0 aromatic heterocycles. The number of ether oxygens (including phenoxy) is 9. The van der Waals surface area contributed by atoms with Gasteiger partial charge in [0.2, 0.25) is 6.29 Å². The molecule has 0 amide bonds. The van der Waals surface area contributed by atoms with Crippen LogP contribution in [-0.2, 0) is 57.0 Å². The lowest BCUT2D eigenvalue weighted by Crippen LogP contribution is -2.62. The Morgan fingerprint density at radius 2 is 1.34 bits per heavy atom. The summed E-state index contributed by atoms with van der Waals surface area (Å²) in [4.78, 5) is 39.3. The molecule has 0 spiro atoms. The smallest absolute Gasteiger partial charge is 0.331 e. The number of esters is 3. The minimum atomic E-state index is -1.74. The standard InChI is InChI=1S/C41H46O17/c1-21-33(54-27(45)15-13-23-9-5-3-6-10-23)35(55-28(46)16-14-24-11-7-4-8-12-24)36(52-22(2)44)40(51-21)56-34-25-17-18-50-38(29(25)41(20-43)37(34)58-41)57-39-32(49)31(48)30(47)26(19-42)53-39/h3-18,21,25-26,29-40,42-43,47-49H,19-20H2,1-2H3/b15-13+,16-14+/t21-,25?,26+,29?,30+,31-,32+,33-,34-,35+,36+,37-,38?,39-,40-,41+/m0/s1. The highest BCUT2D eigenvalue weighted by molar-refractivity contribution is 5.88. The van der Waals surface area contributed by atoms with Gasteiger partial charge in [-0.2, -0.15) is 0 Å². The number of epoxide rings is 1. The van der Waals surface area contributed by atoms with E-state index < -0.39 is 128 Å². The predicted molar refractivity (Wildman–Crippen MR) is 196 cm³/mol. The molecule has 2 aromatic rings. The number of fused-ring (bicyclic) bond motifs is 3. The van der Waals surface area contributed by atoms with Crippen LogP contribution in [0.2, 0.25) is 0 Å². The lowest BCUT2D eigenvalue weighted by atomic mass is 9.85. The maximum absolute atomic E-state index is 13.4. The van der Waals surface area contributed by atoms with Crippen LogP contribution >= 0.6 is 0 Å². The number of hydrogen-bond donors (Lipinski definition) is 5. The first kappa shape index (κ1) is 41.6. The number of carbonyl (C=O) groups excluding carboxylic acids is 3. The van der Waals surface area contributed by atoms with Crippen molar-refractivity contribution in [2.75, 3.05) is 13.2 Å². The number of aliphatic hydroxyl groups excluding tert-OH is 5. The molecule has 312 valence electrons. The fourth-order valence-electron chi connectivity index (χ4n) is 7.96. The Labute approximate surface area is 332 Å². The highest BCUT2D eigenvalue weighted by Gasteiger charge is 2.77. The molecule has 1 aliphatic carbocycles. The first-order valence-electron chi connectivity index (χ1n) is 18.9. The van der Waals surface area contributed by atoms with Gasteiger partial charge in [-0.05, 0) is 36.3 Å². The third kappa shape index (κ3) is 8.60. The lowest BCUT2D eigenvalue weighted by Gasteiger charge is -2.45. The molecule has 1 saturated carbocycles. The second kappa shape index (κ2) is 17.8. The Kier molecular flexibility index (Phi) is 12.7. The zero-order chi connectivity index (χ0) is 41.1. The Morgan fingerprint density at radius 1 is 0.724 bits per heavy atom. The Hall–Kier alpha value is -4.53. The molecule has 17 nitrogen and oxygen atoms in total. The summed E-state index contributed by atoms with van der Waals surface area (Å²) < 4.78 is 53.6. The zero-order valence-electron chi connectivity index (χ0n) is 31.4. The van der Waals surface area contributed by atoms with E-state index in [1.807, 2.05) is 12.1 Å². The van der Waals surface area contributed by atoms with E-state index in [0.717, 1.165) is 12.5 Å². The van der Waals surface area contributed by atoms with Crippen molar-refractivity contribution in [2.45, 2.75) is 99.4 Å². The molecule has 3 unspecified atom stereocenters. The lowest BCUT2D eigenvalue weighted by molar-refractivity contribution is -0.347. The molecule has 4 heterocycles. The molecule has 3 saturated heterocycles. The molecule has 4 fully saturated rings. The second-order valence-electron chi connectivity index (χ2n) is 14.6. The third-order valence-corrected chi connectivity index (χ3v) is 10.8. The molecule has 5 aliphatic rings. The number of benzene rings is 2. The predicted octanol–water partition coefficient (Wildman–Crippen LogP) is 0.361. The van der Waals surface area contributed by atoms with Crippen molar-refractivity contribution in [3.63, 3.8) is 0 Å². The highest BCUT2D eigenvalue weighted by Crippen LogP contribution is 2.61. The molecule has 16 atom stereocenters. The molecule has 4 aliphatic heterocycles. The van der Waals surface area contributed by atoms with Crippen molar-refractivity contribution in [3.8, 4) is 0 Å². The van der Waals surface area contributed by atoms with Gasteiger partial charge in [0.1, 0.15) is 36.1 Å². The van der Waals surface area contributed by atoms with Gasteiger partial charge in [0.15, 0.2) is 30.9 Å². The van der Waals surface area contributed by atoms with Crippen molar-refractivity contribution in [2.24, 2.45) is 11.8 Å². The average molecular weight is 811 g/mol. The van der Waals surface area contributed by atoms with Gasteiger partial charge < -0.3 is 68.2 Å². The molecular formula is C41H46O17. The third-order valence-electron chi connectivity index (χ3n) is 10.8. The van der Waals surface area contributed by atoms with Crippen molar-refractivity contribution in [1.29, 1.82) is 0 Å². The molecule has 0 bridgehead atoms. The molecule has 5 N–H and O–H groups in total. The fourth-order valence-corrected chi connectivity index (χ4v) is 7.96. The van der Waals surface area contributed by atoms with E-state index >= 15 is 0 Å². The summed E-state index contributed by atoms with van der Waals surface area (Å²) in [6, 6.07) is 18.0. The Balaban J connectivity index is 1.14. The number of rotatable bonds is 13.